The molecule has 1 N–H and O–H groups in total. The number of rotatable bonds is 7. The SMILES string of the molecule is COC(=O)CC1C(C)(C)C(OC(C)=O)C2(O)C(=O)C1(C)C1CCC3(C)C(=CC(=O)OC3c3ccoc3)C1(OC(=O)C(C)C)C2OC(C)=O. The minimum Gasteiger partial charge on any atom is -0.472 e. The largest absolute Gasteiger partial charge is 0.472 e. The quantitative estimate of drug-likeness (QED) is 0.328. The van der Waals surface area contributed by atoms with Gasteiger partial charge in [-0.2, -0.15) is 0 Å². The fourth-order valence-electron chi connectivity index (χ4n) is 9.46. The number of ether oxygens (including phenoxy) is 5. The van der Waals surface area contributed by atoms with Crippen molar-refractivity contribution in [2.45, 2.75) is 104 Å². The molecule has 1 aromatic heterocycles. The van der Waals surface area contributed by atoms with Crippen molar-refractivity contribution in [3.63, 3.8) is 0 Å². The second-order valence-corrected chi connectivity index (χ2v) is 14.9. The number of furan rings is 1. The second kappa shape index (κ2) is 11.6. The first-order valence-electron chi connectivity index (χ1n) is 16.1. The summed E-state index contributed by atoms with van der Waals surface area (Å²) in [6.45, 7) is 12.0. The number of ketones is 1. The fraction of sp³-hybridized carbons (Fsp3) is 0.657. The third-order valence-corrected chi connectivity index (χ3v) is 11.4. The van der Waals surface area contributed by atoms with Crippen LogP contribution in [0.25, 0.3) is 0 Å². The van der Waals surface area contributed by atoms with Gasteiger partial charge in [-0.25, -0.2) is 4.79 Å². The third kappa shape index (κ3) is 4.74. The van der Waals surface area contributed by atoms with Crippen molar-refractivity contribution >= 4 is 35.6 Å². The Bertz CT molecular complexity index is 1570. The van der Waals surface area contributed by atoms with Crippen LogP contribution in [0.4, 0.5) is 0 Å². The molecule has 0 spiro atoms. The van der Waals surface area contributed by atoms with Crippen molar-refractivity contribution in [1.82, 2.24) is 0 Å². The number of fused-ring (bicyclic) bond motifs is 6. The molecule has 262 valence electrons. The highest BCUT2D eigenvalue weighted by molar-refractivity contribution is 5.99. The molecule has 3 fully saturated rings. The molecular formula is C35H44O13. The Hall–Kier alpha value is -4.00. The molecular weight excluding hydrogens is 628 g/mol. The smallest absolute Gasteiger partial charge is 0.331 e. The van der Waals surface area contributed by atoms with Gasteiger partial charge in [0, 0.05) is 54.1 Å². The zero-order valence-electron chi connectivity index (χ0n) is 28.7. The molecule has 3 saturated carbocycles. The van der Waals surface area contributed by atoms with Gasteiger partial charge < -0.3 is 33.2 Å². The molecule has 1 aromatic rings. The number of carbonyl (C=O) groups is 6. The van der Waals surface area contributed by atoms with Gasteiger partial charge in [-0.1, -0.05) is 41.5 Å². The first-order chi connectivity index (χ1) is 22.2. The molecule has 2 bridgehead atoms. The normalized spacial score (nSPS) is 38.1. The highest BCUT2D eigenvalue weighted by Crippen LogP contribution is 2.72. The Morgan fingerprint density at radius 2 is 1.65 bits per heavy atom. The van der Waals surface area contributed by atoms with E-state index in [1.165, 1.54) is 25.7 Å². The van der Waals surface area contributed by atoms with Crippen LogP contribution < -0.4 is 0 Å². The molecule has 0 radical (unpaired) electrons. The zero-order chi connectivity index (χ0) is 35.8. The minimum absolute atomic E-state index is 0.132. The van der Waals surface area contributed by atoms with Crippen LogP contribution in [0.15, 0.2) is 34.7 Å². The summed E-state index contributed by atoms with van der Waals surface area (Å²) in [4.78, 5) is 81.4. The monoisotopic (exact) mass is 672 g/mol. The van der Waals surface area contributed by atoms with Gasteiger partial charge in [0.15, 0.2) is 17.5 Å². The van der Waals surface area contributed by atoms with Gasteiger partial charge in [0.25, 0.3) is 0 Å². The third-order valence-electron chi connectivity index (χ3n) is 11.4. The first kappa shape index (κ1) is 35.3. The van der Waals surface area contributed by atoms with Crippen LogP contribution in [0.3, 0.4) is 0 Å². The summed E-state index contributed by atoms with van der Waals surface area (Å²) in [6, 6.07) is 1.63. The van der Waals surface area contributed by atoms with Gasteiger partial charge in [0.1, 0.15) is 12.2 Å². The van der Waals surface area contributed by atoms with Gasteiger partial charge in [-0.3, -0.25) is 24.0 Å². The molecule has 9 unspecified atom stereocenters. The van der Waals surface area contributed by atoms with E-state index in [4.69, 9.17) is 28.1 Å². The van der Waals surface area contributed by atoms with Gasteiger partial charge >= 0.3 is 29.8 Å². The van der Waals surface area contributed by atoms with Crippen LogP contribution in [0.2, 0.25) is 0 Å². The average molecular weight is 673 g/mol. The van der Waals surface area contributed by atoms with E-state index in [-0.39, 0.29) is 24.8 Å². The number of hydrogen-bond acceptors (Lipinski definition) is 13. The Kier molecular flexibility index (Phi) is 8.50. The van der Waals surface area contributed by atoms with Crippen molar-refractivity contribution in [3.8, 4) is 0 Å². The molecule has 4 aliphatic rings. The van der Waals surface area contributed by atoms with Crippen LogP contribution >= 0.6 is 0 Å². The number of hydrogen-bond donors (Lipinski definition) is 1. The van der Waals surface area contributed by atoms with Gasteiger partial charge in [0.2, 0.25) is 5.60 Å². The van der Waals surface area contributed by atoms with E-state index in [1.807, 2.05) is 0 Å². The maximum Gasteiger partial charge on any atom is 0.331 e. The molecule has 1 aliphatic heterocycles. The lowest BCUT2D eigenvalue weighted by Crippen LogP contribution is -2.86. The Labute approximate surface area is 278 Å². The summed E-state index contributed by atoms with van der Waals surface area (Å²) < 4.78 is 34.5. The lowest BCUT2D eigenvalue weighted by atomic mass is 9.35. The molecule has 0 saturated heterocycles. The number of carbonyl (C=O) groups excluding carboxylic acids is 6. The van der Waals surface area contributed by atoms with Gasteiger partial charge in [0.05, 0.1) is 25.6 Å². The predicted molar refractivity (Wildman–Crippen MR) is 163 cm³/mol. The minimum atomic E-state index is -2.83. The van der Waals surface area contributed by atoms with Gasteiger partial charge in [-0.05, 0) is 30.4 Å². The van der Waals surface area contributed by atoms with E-state index in [0.29, 0.717) is 5.56 Å². The molecule has 2 heterocycles. The van der Waals surface area contributed by atoms with E-state index in [2.05, 4.69) is 0 Å². The first-order valence-corrected chi connectivity index (χ1v) is 16.1. The van der Waals surface area contributed by atoms with Crippen LogP contribution in [-0.4, -0.2) is 71.3 Å². The summed E-state index contributed by atoms with van der Waals surface area (Å²) in [5, 5.41) is 13.1. The molecule has 0 amide bonds. The molecule has 3 aliphatic carbocycles. The Morgan fingerprint density at radius 1 is 1.02 bits per heavy atom. The van der Waals surface area contributed by atoms with Gasteiger partial charge in [-0.15, -0.1) is 0 Å². The Morgan fingerprint density at radius 3 is 2.19 bits per heavy atom. The lowest BCUT2D eigenvalue weighted by Gasteiger charge is -2.71. The summed E-state index contributed by atoms with van der Waals surface area (Å²) in [5.41, 5.74) is -8.55. The summed E-state index contributed by atoms with van der Waals surface area (Å²) in [5.74, 6) is -7.67. The fourth-order valence-corrected chi connectivity index (χ4v) is 9.46. The van der Waals surface area contributed by atoms with Crippen molar-refractivity contribution in [2.75, 3.05) is 7.11 Å². The average Bonchev–Trinajstić information content (AvgIpc) is 3.54. The molecule has 13 nitrogen and oxygen atoms in total. The van der Waals surface area contributed by atoms with Crippen LogP contribution in [-0.2, 0) is 52.5 Å². The van der Waals surface area contributed by atoms with E-state index in [0.717, 1.165) is 13.8 Å². The van der Waals surface area contributed by atoms with E-state index >= 15 is 4.79 Å². The summed E-state index contributed by atoms with van der Waals surface area (Å²) >= 11 is 0. The molecule has 9 atom stereocenters. The molecule has 5 rings (SSSR count). The van der Waals surface area contributed by atoms with Crippen LogP contribution in [0.1, 0.15) is 86.3 Å². The van der Waals surface area contributed by atoms with E-state index < -0.39 is 99.1 Å². The number of methoxy groups -OCH3 is 1. The maximum atomic E-state index is 15.1. The summed E-state index contributed by atoms with van der Waals surface area (Å²) in [6.07, 6.45) is -0.592. The van der Waals surface area contributed by atoms with E-state index in [9.17, 15) is 29.1 Å². The second-order valence-electron chi connectivity index (χ2n) is 14.9. The number of aliphatic hydroxyl groups is 1. The van der Waals surface area contributed by atoms with Crippen LogP contribution in [0, 0.1) is 34.0 Å². The van der Waals surface area contributed by atoms with Crippen molar-refractivity contribution in [2.24, 2.45) is 34.0 Å². The lowest BCUT2D eigenvalue weighted by molar-refractivity contribution is -0.315. The topological polar surface area (TPSA) is 182 Å². The highest BCUT2D eigenvalue weighted by atomic mass is 16.6. The van der Waals surface area contributed by atoms with Crippen molar-refractivity contribution < 1.29 is 62.0 Å². The highest BCUT2D eigenvalue weighted by Gasteiger charge is 2.85. The zero-order valence-corrected chi connectivity index (χ0v) is 28.7. The maximum absolute atomic E-state index is 15.1. The number of Topliss-reactive ketones (excluding diaryl/α,β-unsaturated/α-hetero) is 1. The van der Waals surface area contributed by atoms with Crippen molar-refractivity contribution in [1.29, 1.82) is 0 Å². The number of esters is 5. The predicted octanol–water partition coefficient (Wildman–Crippen LogP) is 3.56. The van der Waals surface area contributed by atoms with E-state index in [1.54, 1.807) is 47.6 Å². The Balaban J connectivity index is 1.94. The van der Waals surface area contributed by atoms with Crippen LogP contribution in [0.5, 0.6) is 0 Å². The standard InChI is InChI=1S/C35H44O13/c1-17(2)27(40)48-35-21(10-12-32(7)23(35)15-25(39)47-26(32)20-11-13-44-16-20)33(8)22(14-24(38)43-9)31(5,6)29(45-18(3)36)34(42,28(33)41)30(35)46-19(4)37/h11,13,15-17,21-22,26,29-30,42H,10,12,14H2,1-9H3. The molecule has 0 aromatic carbocycles. The molecule has 13 heteroatoms. The molecule has 48 heavy (non-hydrogen) atoms. The number of cyclic esters (lactones) is 1. The summed E-state index contributed by atoms with van der Waals surface area (Å²) in [7, 11) is 1.20. The van der Waals surface area contributed by atoms with Crippen molar-refractivity contribution in [3.05, 3.63) is 35.8 Å².